The number of aliphatic carboxylic acids is 1. The minimum absolute atomic E-state index is 0.0146. The molecule has 0 aliphatic heterocycles. The molecule has 0 heterocycles. The van der Waals surface area contributed by atoms with E-state index in [9.17, 15) is 49.9 Å². The number of Topliss-reactive ketones (excluding diaryl/α,β-unsaturated/α-hetero) is 1. The number of carboxylic acids is 1. The molecule has 0 aromatic heterocycles. The molecule has 4 unspecified atom stereocenters. The lowest BCUT2D eigenvalue weighted by atomic mass is 9.49. The number of ether oxygens (including phenoxy) is 1. The molecule has 7 rings (SSSR count). The Bertz CT molecular complexity index is 1660. The number of carbonyl (C=O) groups is 3. The van der Waals surface area contributed by atoms with E-state index in [4.69, 9.17) is 4.55 Å². The van der Waals surface area contributed by atoms with Gasteiger partial charge in [0.25, 0.3) is 0 Å². The maximum absolute atomic E-state index is 13.9. The summed E-state index contributed by atoms with van der Waals surface area (Å²) >= 11 is 0. The summed E-state index contributed by atoms with van der Waals surface area (Å²) in [6.45, 7) is 0. The fourth-order valence-corrected chi connectivity index (χ4v) is 9.95. The summed E-state index contributed by atoms with van der Waals surface area (Å²) in [7, 11) is -6.75. The van der Waals surface area contributed by atoms with Crippen LogP contribution in [0.25, 0.3) is 0 Å². The molecule has 4 aliphatic rings. The molecule has 49 heavy (non-hydrogen) atoms. The van der Waals surface area contributed by atoms with Crippen molar-refractivity contribution < 1.29 is 59.1 Å². The van der Waals surface area contributed by atoms with Crippen LogP contribution in [0.4, 0.5) is 22.0 Å². The van der Waals surface area contributed by atoms with Gasteiger partial charge in [-0.15, -0.1) is 0 Å². The van der Waals surface area contributed by atoms with E-state index in [0.29, 0.717) is 12.8 Å². The van der Waals surface area contributed by atoms with Gasteiger partial charge in [-0.25, -0.2) is 0 Å². The fraction of sp³-hybridized carbons (Fsp3) is 0.382. The summed E-state index contributed by atoms with van der Waals surface area (Å²) in [6, 6.07) is 32.2. The molecule has 0 saturated heterocycles. The Kier molecular flexibility index (Phi) is 10.3. The first-order valence-electron chi connectivity index (χ1n) is 15.2. The highest BCUT2D eigenvalue weighted by Gasteiger charge is 2.68. The minimum atomic E-state index is -6.73. The zero-order valence-corrected chi connectivity index (χ0v) is 27.2. The predicted molar refractivity (Wildman–Crippen MR) is 163 cm³/mol. The lowest BCUT2D eigenvalue weighted by Gasteiger charge is -2.54. The largest absolute Gasteiger partial charge is 0.546 e. The van der Waals surface area contributed by atoms with Gasteiger partial charge in [0.15, 0.2) is 26.7 Å². The van der Waals surface area contributed by atoms with Gasteiger partial charge in [-0.05, 0) is 74.4 Å². The Hall–Kier alpha value is -3.82. The molecule has 4 aliphatic carbocycles. The topological polar surface area (TPSA) is 138 Å². The van der Waals surface area contributed by atoms with Gasteiger partial charge in [0.2, 0.25) is 0 Å². The average Bonchev–Trinajstić information content (AvgIpc) is 3.03. The van der Waals surface area contributed by atoms with Crippen LogP contribution >= 0.6 is 0 Å². The van der Waals surface area contributed by atoms with E-state index in [1.165, 1.54) is 14.7 Å². The van der Waals surface area contributed by atoms with Gasteiger partial charge < -0.3 is 14.6 Å². The van der Waals surface area contributed by atoms with Gasteiger partial charge in [0.05, 0.1) is 22.3 Å². The molecule has 0 amide bonds. The molecule has 4 saturated carbocycles. The quantitative estimate of drug-likeness (QED) is 0.132. The molecule has 3 aromatic carbocycles. The monoisotopic (exact) mass is 726 g/mol. The third-order valence-corrected chi connectivity index (χ3v) is 12.4. The van der Waals surface area contributed by atoms with Crippen molar-refractivity contribution in [2.75, 3.05) is 0 Å². The maximum Gasteiger partial charge on any atom is 0.402 e. The molecule has 0 radical (unpaired) electrons. The Balaban J connectivity index is 0.000000211. The summed E-state index contributed by atoms with van der Waals surface area (Å²) in [6.07, 6.45) is -9.19. The molecule has 1 N–H and O–H groups in total. The van der Waals surface area contributed by atoms with Crippen molar-refractivity contribution in [2.45, 2.75) is 64.3 Å². The molecule has 4 bridgehead atoms. The van der Waals surface area contributed by atoms with Crippen LogP contribution in [-0.2, 0) is 40.1 Å². The summed E-state index contributed by atoms with van der Waals surface area (Å²) in [5, 5.41) is 5.19. The Morgan fingerprint density at radius 2 is 1.20 bits per heavy atom. The first-order valence-corrected chi connectivity index (χ1v) is 17.9. The number of esters is 1. The molecule has 15 heteroatoms. The van der Waals surface area contributed by atoms with Crippen LogP contribution in [0.5, 0.6) is 0 Å². The van der Waals surface area contributed by atoms with Crippen LogP contribution < -0.4 is 5.11 Å². The van der Waals surface area contributed by atoms with E-state index < -0.39 is 62.8 Å². The van der Waals surface area contributed by atoms with Crippen molar-refractivity contribution >= 4 is 38.7 Å². The molecule has 0 spiro atoms. The second-order valence-electron chi connectivity index (χ2n) is 12.5. The smallest absolute Gasteiger partial charge is 0.402 e. The number of hydrogen-bond donors (Lipinski definition) is 1. The van der Waals surface area contributed by atoms with Crippen molar-refractivity contribution in [1.82, 2.24) is 0 Å². The normalized spacial score (nSPS) is 24.5. The second kappa shape index (κ2) is 13.8. The molecular weight excluding hydrogens is 695 g/mol. The van der Waals surface area contributed by atoms with Crippen molar-refractivity contribution in [2.24, 2.45) is 29.1 Å². The van der Waals surface area contributed by atoms with Crippen LogP contribution in [0.1, 0.15) is 32.1 Å². The molecule has 262 valence electrons. The third-order valence-electron chi connectivity index (χ3n) is 9.19. The molecule has 4 fully saturated rings. The number of alkyl halides is 5. The van der Waals surface area contributed by atoms with Crippen LogP contribution in [0.3, 0.4) is 0 Å². The van der Waals surface area contributed by atoms with E-state index in [1.54, 1.807) is 0 Å². The van der Waals surface area contributed by atoms with Gasteiger partial charge in [-0.1, -0.05) is 54.6 Å². The van der Waals surface area contributed by atoms with Crippen molar-refractivity contribution in [1.29, 1.82) is 0 Å². The second-order valence-corrected chi connectivity index (χ2v) is 16.0. The maximum atomic E-state index is 13.9. The number of carboxylic acid groups (broad SMARTS) is 1. The van der Waals surface area contributed by atoms with Crippen molar-refractivity contribution in [3.63, 3.8) is 0 Å². The third kappa shape index (κ3) is 7.53. The van der Waals surface area contributed by atoms with E-state index in [0.717, 1.165) is 0 Å². The summed E-state index contributed by atoms with van der Waals surface area (Å²) in [5.41, 5.74) is -1.53. The number of hydrogen-bond acceptors (Lipinski definition) is 7. The highest BCUT2D eigenvalue weighted by atomic mass is 32.2. The zero-order chi connectivity index (χ0) is 35.8. The number of benzene rings is 3. The molecule has 4 atom stereocenters. The molecule has 3 aromatic rings. The van der Waals surface area contributed by atoms with Gasteiger partial charge in [0, 0.05) is 11.8 Å². The summed E-state index contributed by atoms with van der Waals surface area (Å²) in [4.78, 5) is 40.1. The van der Waals surface area contributed by atoms with E-state index in [2.05, 4.69) is 95.7 Å². The number of halogens is 5. The summed E-state index contributed by atoms with van der Waals surface area (Å²) in [5.74, 6) is -10.4. The lowest BCUT2D eigenvalue weighted by Crippen LogP contribution is -2.60. The Morgan fingerprint density at radius 3 is 1.55 bits per heavy atom. The fourth-order valence-electron chi connectivity index (χ4n) is 7.27. The van der Waals surface area contributed by atoms with Gasteiger partial charge >= 0.3 is 27.5 Å². The van der Waals surface area contributed by atoms with Gasteiger partial charge in [0.1, 0.15) is 5.78 Å². The SMILES string of the molecule is O=C1C2CC3CC1CC(C(=O)OC(C(=O)[O-])C(C(F)(F)F)C(F)(F)S(=O)(=O)O)(C3)C2.c1ccc([S+](c2ccccc2)c2ccccc2)cc1. The zero-order valence-electron chi connectivity index (χ0n) is 25.6. The van der Waals surface area contributed by atoms with Crippen molar-refractivity contribution in [3.05, 3.63) is 91.0 Å². The molecule has 8 nitrogen and oxygen atoms in total. The minimum Gasteiger partial charge on any atom is -0.546 e. The van der Waals surface area contributed by atoms with Crippen molar-refractivity contribution in [3.8, 4) is 0 Å². The lowest BCUT2D eigenvalue weighted by molar-refractivity contribution is -0.331. The number of carbonyl (C=O) groups excluding carboxylic acids is 3. The standard InChI is InChI=1S/C18H15S.C16H17F5O8S/c1-4-10-16(11-5-1)19(17-12-6-2-7-13-17)18-14-8-3-9-15-18;17-15(18,19)11(16(20,21)30(26,27)28)10(12(23)24)29-13(25)14-3-6-1-7(4-14)9(22)8(2-6)5-14/h1-15H;6-8,10-11H,1-5H2,(H,23,24)(H,26,27,28)/q+1;/p-1. The van der Waals surface area contributed by atoms with E-state index >= 15 is 0 Å². The Labute approximate surface area is 281 Å². The number of rotatable bonds is 9. The van der Waals surface area contributed by atoms with E-state index in [-0.39, 0.29) is 41.9 Å². The van der Waals surface area contributed by atoms with Gasteiger partial charge in [-0.2, -0.15) is 30.4 Å². The first-order chi connectivity index (χ1) is 22.9. The highest BCUT2D eigenvalue weighted by molar-refractivity contribution is 7.97. The Morgan fingerprint density at radius 1 is 0.796 bits per heavy atom. The summed E-state index contributed by atoms with van der Waals surface area (Å²) < 4.78 is 102. The van der Waals surface area contributed by atoms with Gasteiger partial charge in [-0.3, -0.25) is 14.1 Å². The van der Waals surface area contributed by atoms with E-state index in [1.807, 2.05) is 0 Å². The van der Waals surface area contributed by atoms with Crippen LogP contribution in [0, 0.1) is 29.1 Å². The van der Waals surface area contributed by atoms with Crippen LogP contribution in [0.15, 0.2) is 106 Å². The first kappa shape index (κ1) is 36.5. The van der Waals surface area contributed by atoms with Crippen LogP contribution in [0.2, 0.25) is 0 Å². The number of ketones is 1. The highest BCUT2D eigenvalue weighted by Crippen LogP contribution is 2.59. The average molecular weight is 727 g/mol. The predicted octanol–water partition coefficient (Wildman–Crippen LogP) is 5.48. The van der Waals surface area contributed by atoms with Crippen LogP contribution in [-0.4, -0.2) is 48.2 Å². The molecular formula is C34H31F5O8S2.